The summed E-state index contributed by atoms with van der Waals surface area (Å²) in [5.41, 5.74) is 4.74. The third-order valence-electron chi connectivity index (χ3n) is 3.93. The van der Waals surface area contributed by atoms with Crippen LogP contribution in [0.25, 0.3) is 5.69 Å². The summed E-state index contributed by atoms with van der Waals surface area (Å²) in [7, 11) is 0. The Morgan fingerprint density at radius 3 is 2.20 bits per heavy atom. The zero-order valence-electron chi connectivity index (χ0n) is 16.3. The number of alkyl halides is 3. The lowest BCUT2D eigenvalue weighted by Crippen LogP contribution is -2.21. The minimum atomic E-state index is -5.08. The normalized spacial score (nSPS) is 10.9. The van der Waals surface area contributed by atoms with Crippen LogP contribution < -0.4 is 5.32 Å². The van der Waals surface area contributed by atoms with Gasteiger partial charge in [0.15, 0.2) is 0 Å². The van der Waals surface area contributed by atoms with Gasteiger partial charge in [0.05, 0.1) is 29.1 Å². The van der Waals surface area contributed by atoms with Crippen LogP contribution in [0.15, 0.2) is 36.0 Å². The summed E-state index contributed by atoms with van der Waals surface area (Å²) in [5, 5.41) is 12.9. The predicted molar refractivity (Wildman–Crippen MR) is 106 cm³/mol. The van der Waals surface area contributed by atoms with Gasteiger partial charge >= 0.3 is 12.1 Å². The summed E-state index contributed by atoms with van der Waals surface area (Å²) in [5.74, 6) is -2.81. The van der Waals surface area contributed by atoms with Gasteiger partial charge < -0.3 is 15.0 Å². The van der Waals surface area contributed by atoms with Gasteiger partial charge in [-0.1, -0.05) is 0 Å². The Balaban J connectivity index is 0.000000396. The highest BCUT2D eigenvalue weighted by atomic mass is 32.1. The van der Waals surface area contributed by atoms with E-state index in [4.69, 9.17) is 9.90 Å². The van der Waals surface area contributed by atoms with Gasteiger partial charge in [-0.2, -0.15) is 13.2 Å². The van der Waals surface area contributed by atoms with Crippen molar-refractivity contribution in [3.05, 3.63) is 58.1 Å². The number of carboxylic acid groups (broad SMARTS) is 1. The molecule has 0 spiro atoms. The maximum atomic E-state index is 12.0. The number of hydrogen-bond donors (Lipinski definition) is 2. The van der Waals surface area contributed by atoms with E-state index in [-0.39, 0.29) is 5.91 Å². The van der Waals surface area contributed by atoms with Crippen LogP contribution in [0, 0.1) is 20.8 Å². The minimum absolute atomic E-state index is 0.0577. The number of carbonyl (C=O) groups excluding carboxylic acids is 1. The van der Waals surface area contributed by atoms with Crippen LogP contribution in [0.3, 0.4) is 0 Å². The predicted octanol–water partition coefficient (Wildman–Crippen LogP) is 4.07. The van der Waals surface area contributed by atoms with Crippen LogP contribution in [0.1, 0.15) is 22.1 Å². The molecule has 0 atom stereocenters. The molecule has 3 rings (SSSR count). The molecule has 160 valence electrons. The standard InChI is InChI=1S/C17H18N4OS.C2HF3O2/c1-11-12(2)21(10-18-11)16-6-4-14(5-7-16)20-17(22)8-15-9-23-13(3)19-15;3-2(4,5)1(6)7/h4-7,9-10H,8H2,1-3H3,(H,20,22);(H,6,7). The van der Waals surface area contributed by atoms with Crippen LogP contribution in [0.5, 0.6) is 0 Å². The van der Waals surface area contributed by atoms with Gasteiger partial charge in [-0.3, -0.25) is 4.79 Å². The molecule has 30 heavy (non-hydrogen) atoms. The number of aromatic nitrogens is 3. The zero-order chi connectivity index (χ0) is 22.5. The third-order valence-corrected chi connectivity index (χ3v) is 4.75. The number of amides is 1. The largest absolute Gasteiger partial charge is 0.490 e. The summed E-state index contributed by atoms with van der Waals surface area (Å²) < 4.78 is 33.8. The van der Waals surface area contributed by atoms with Crippen LogP contribution >= 0.6 is 11.3 Å². The zero-order valence-corrected chi connectivity index (χ0v) is 17.1. The number of aliphatic carboxylic acids is 1. The monoisotopic (exact) mass is 440 g/mol. The van der Waals surface area contributed by atoms with E-state index in [2.05, 4.69) is 15.3 Å². The number of rotatable bonds is 4. The van der Waals surface area contributed by atoms with E-state index in [1.165, 1.54) is 0 Å². The average Bonchev–Trinajstić information content (AvgIpc) is 3.21. The lowest BCUT2D eigenvalue weighted by molar-refractivity contribution is -0.192. The van der Waals surface area contributed by atoms with Crippen LogP contribution in [-0.2, 0) is 16.0 Å². The molecule has 0 saturated heterocycles. The molecule has 2 aromatic heterocycles. The van der Waals surface area contributed by atoms with Gasteiger partial charge in [-0.15, -0.1) is 11.3 Å². The van der Waals surface area contributed by atoms with Crippen LogP contribution in [0.4, 0.5) is 18.9 Å². The number of carboxylic acids is 1. The SMILES string of the molecule is Cc1nc(CC(=O)Nc2ccc(-n3cnc(C)c3C)cc2)cs1.O=C(O)C(F)(F)F. The summed E-state index contributed by atoms with van der Waals surface area (Å²) in [6.45, 7) is 5.96. The first-order valence-electron chi connectivity index (χ1n) is 8.59. The highest BCUT2D eigenvalue weighted by Crippen LogP contribution is 2.17. The molecule has 2 heterocycles. The lowest BCUT2D eigenvalue weighted by Gasteiger charge is -2.08. The number of carbonyl (C=O) groups is 2. The topological polar surface area (TPSA) is 97.1 Å². The Kier molecular flexibility index (Phi) is 7.33. The van der Waals surface area contributed by atoms with Gasteiger partial charge in [-0.05, 0) is 45.0 Å². The summed E-state index contributed by atoms with van der Waals surface area (Å²) >= 11 is 1.56. The molecule has 0 aliphatic carbocycles. The number of anilines is 1. The van der Waals surface area contributed by atoms with E-state index < -0.39 is 12.1 Å². The average molecular weight is 440 g/mol. The fourth-order valence-corrected chi connectivity index (χ4v) is 2.94. The van der Waals surface area contributed by atoms with Crippen molar-refractivity contribution in [3.63, 3.8) is 0 Å². The van der Waals surface area contributed by atoms with E-state index in [0.717, 1.165) is 33.5 Å². The first-order chi connectivity index (χ1) is 14.0. The smallest absolute Gasteiger partial charge is 0.475 e. The molecule has 0 radical (unpaired) electrons. The molecule has 2 N–H and O–H groups in total. The number of nitrogens with zero attached hydrogens (tertiary/aromatic N) is 3. The third kappa shape index (κ3) is 6.41. The van der Waals surface area contributed by atoms with Crippen molar-refractivity contribution in [2.45, 2.75) is 33.4 Å². The van der Waals surface area contributed by atoms with E-state index in [0.29, 0.717) is 6.42 Å². The van der Waals surface area contributed by atoms with E-state index in [9.17, 15) is 18.0 Å². The van der Waals surface area contributed by atoms with Gasteiger partial charge in [0.2, 0.25) is 5.91 Å². The molecule has 0 unspecified atom stereocenters. The maximum absolute atomic E-state index is 12.0. The second-order valence-electron chi connectivity index (χ2n) is 6.22. The molecular weight excluding hydrogens is 421 g/mol. The van der Waals surface area contributed by atoms with Crippen molar-refractivity contribution in [2.75, 3.05) is 5.32 Å². The summed E-state index contributed by atoms with van der Waals surface area (Å²) in [6, 6.07) is 7.73. The highest BCUT2D eigenvalue weighted by molar-refractivity contribution is 7.09. The number of aryl methyl sites for hydroxylation is 2. The lowest BCUT2D eigenvalue weighted by atomic mass is 10.2. The van der Waals surface area contributed by atoms with Gasteiger partial charge in [-0.25, -0.2) is 14.8 Å². The second kappa shape index (κ2) is 9.53. The number of benzene rings is 1. The van der Waals surface area contributed by atoms with Crippen LogP contribution in [-0.4, -0.2) is 37.7 Å². The molecule has 7 nitrogen and oxygen atoms in total. The molecule has 0 fully saturated rings. The number of hydrogen-bond acceptors (Lipinski definition) is 5. The molecule has 0 saturated carbocycles. The first kappa shape index (κ1) is 23.1. The quantitative estimate of drug-likeness (QED) is 0.638. The Hall–Kier alpha value is -3.21. The molecule has 1 amide bonds. The van der Waals surface area contributed by atoms with Crippen LogP contribution in [0.2, 0.25) is 0 Å². The maximum Gasteiger partial charge on any atom is 0.490 e. The molecular formula is C19H19F3N4O3S. The molecule has 1 aromatic carbocycles. The molecule has 3 aromatic rings. The van der Waals surface area contributed by atoms with Gasteiger partial charge in [0.1, 0.15) is 0 Å². The van der Waals surface area contributed by atoms with E-state index in [1.54, 1.807) is 11.3 Å². The number of nitrogens with one attached hydrogen (secondary N) is 1. The van der Waals surface area contributed by atoms with Crippen molar-refractivity contribution < 1.29 is 27.9 Å². The van der Waals surface area contributed by atoms with Gasteiger partial charge in [0, 0.05) is 22.4 Å². The highest BCUT2D eigenvalue weighted by Gasteiger charge is 2.38. The molecule has 0 bridgehead atoms. The van der Waals surface area contributed by atoms with E-state index in [1.807, 2.05) is 61.3 Å². The Labute approximate surface area is 174 Å². The van der Waals surface area contributed by atoms with E-state index >= 15 is 0 Å². The minimum Gasteiger partial charge on any atom is -0.475 e. The van der Waals surface area contributed by atoms with Gasteiger partial charge in [0.25, 0.3) is 0 Å². The van der Waals surface area contributed by atoms with Crippen molar-refractivity contribution >= 4 is 28.9 Å². The molecule has 11 heteroatoms. The first-order valence-corrected chi connectivity index (χ1v) is 9.47. The number of halogens is 3. The summed E-state index contributed by atoms with van der Waals surface area (Å²) in [6.07, 6.45) is -2.98. The Bertz CT molecular complexity index is 1030. The fraction of sp³-hybridized carbons (Fsp3) is 0.263. The van der Waals surface area contributed by atoms with Crippen molar-refractivity contribution in [3.8, 4) is 5.69 Å². The number of imidazole rings is 1. The molecule has 0 aliphatic rings. The molecule has 0 aliphatic heterocycles. The van der Waals surface area contributed by atoms with Crippen molar-refractivity contribution in [2.24, 2.45) is 0 Å². The number of thiazole rings is 1. The Morgan fingerprint density at radius 1 is 1.17 bits per heavy atom. The van der Waals surface area contributed by atoms with Crippen molar-refractivity contribution in [1.82, 2.24) is 14.5 Å². The fourth-order valence-electron chi connectivity index (χ4n) is 2.32. The second-order valence-corrected chi connectivity index (χ2v) is 7.28. The van der Waals surface area contributed by atoms with Crippen molar-refractivity contribution in [1.29, 1.82) is 0 Å². The Morgan fingerprint density at radius 2 is 1.77 bits per heavy atom. The summed E-state index contributed by atoms with van der Waals surface area (Å²) in [4.78, 5) is 29.5.